The van der Waals surface area contributed by atoms with Gasteiger partial charge in [0.1, 0.15) is 5.69 Å². The Kier molecular flexibility index (Phi) is 3.24. The van der Waals surface area contributed by atoms with E-state index in [-0.39, 0.29) is 0 Å². The van der Waals surface area contributed by atoms with E-state index in [1.165, 1.54) is 0 Å². The summed E-state index contributed by atoms with van der Waals surface area (Å²) in [7, 11) is 0. The van der Waals surface area contributed by atoms with E-state index in [0.717, 1.165) is 31.6 Å². The van der Waals surface area contributed by atoms with Gasteiger partial charge in [0.05, 0.1) is 5.69 Å². The molecule has 3 N–H and O–H groups in total. The van der Waals surface area contributed by atoms with Crippen LogP contribution >= 0.6 is 0 Å². The van der Waals surface area contributed by atoms with Crippen molar-refractivity contribution >= 4 is 5.91 Å². The average molecular weight is 222 g/mol. The SMILES string of the molecule is CCn1nc([C@H]2CCCNC2)cc1C(N)=O. The second-order valence-corrected chi connectivity index (χ2v) is 4.18. The van der Waals surface area contributed by atoms with E-state index < -0.39 is 5.91 Å². The molecule has 1 saturated heterocycles. The molecule has 1 aromatic rings. The van der Waals surface area contributed by atoms with Gasteiger partial charge in [0.15, 0.2) is 0 Å². The number of nitrogens with zero attached hydrogens (tertiary/aromatic N) is 2. The Balaban J connectivity index is 2.24. The molecule has 1 atom stereocenters. The minimum Gasteiger partial charge on any atom is -0.364 e. The van der Waals surface area contributed by atoms with Gasteiger partial charge in [-0.05, 0) is 32.4 Å². The number of carbonyl (C=O) groups excluding carboxylic acids is 1. The van der Waals surface area contributed by atoms with Crippen LogP contribution in [-0.2, 0) is 6.54 Å². The van der Waals surface area contributed by atoms with Crippen molar-refractivity contribution in [2.24, 2.45) is 5.73 Å². The second kappa shape index (κ2) is 4.65. The number of primary amides is 1. The van der Waals surface area contributed by atoms with E-state index in [1.54, 1.807) is 4.68 Å². The lowest BCUT2D eigenvalue weighted by atomic mass is 9.96. The summed E-state index contributed by atoms with van der Waals surface area (Å²) in [4.78, 5) is 11.2. The molecule has 16 heavy (non-hydrogen) atoms. The molecule has 0 saturated carbocycles. The normalized spacial score (nSPS) is 20.9. The van der Waals surface area contributed by atoms with E-state index in [4.69, 9.17) is 5.73 Å². The quantitative estimate of drug-likeness (QED) is 0.780. The zero-order valence-corrected chi connectivity index (χ0v) is 9.57. The molecule has 5 nitrogen and oxygen atoms in total. The largest absolute Gasteiger partial charge is 0.364 e. The molecular weight excluding hydrogens is 204 g/mol. The van der Waals surface area contributed by atoms with Crippen LogP contribution in [0.15, 0.2) is 6.07 Å². The maximum atomic E-state index is 11.2. The number of amides is 1. The molecule has 0 aromatic carbocycles. The summed E-state index contributed by atoms with van der Waals surface area (Å²) in [5.74, 6) is 0.0176. The molecule has 88 valence electrons. The van der Waals surface area contributed by atoms with Gasteiger partial charge in [-0.15, -0.1) is 0 Å². The Bertz CT molecular complexity index is 379. The number of aromatic nitrogens is 2. The van der Waals surface area contributed by atoms with Crippen LogP contribution in [0.5, 0.6) is 0 Å². The molecule has 2 heterocycles. The number of hydrogen-bond acceptors (Lipinski definition) is 3. The lowest BCUT2D eigenvalue weighted by Gasteiger charge is -2.20. The standard InChI is InChI=1S/C11H18N4O/c1-2-15-10(11(12)16)6-9(14-15)8-4-3-5-13-7-8/h6,8,13H,2-5,7H2,1H3,(H2,12,16)/t8-/m0/s1. The lowest BCUT2D eigenvalue weighted by Crippen LogP contribution is -2.28. The summed E-state index contributed by atoms with van der Waals surface area (Å²) in [5.41, 5.74) is 6.82. The number of rotatable bonds is 3. The topological polar surface area (TPSA) is 72.9 Å². The van der Waals surface area contributed by atoms with Gasteiger partial charge in [0.2, 0.25) is 0 Å². The molecule has 1 aromatic heterocycles. The highest BCUT2D eigenvalue weighted by Crippen LogP contribution is 2.22. The van der Waals surface area contributed by atoms with Crippen molar-refractivity contribution in [1.82, 2.24) is 15.1 Å². The first-order valence-electron chi connectivity index (χ1n) is 5.80. The van der Waals surface area contributed by atoms with Gasteiger partial charge in [-0.2, -0.15) is 5.10 Å². The van der Waals surface area contributed by atoms with Crippen molar-refractivity contribution in [2.75, 3.05) is 13.1 Å². The van der Waals surface area contributed by atoms with Crippen LogP contribution in [-0.4, -0.2) is 28.8 Å². The summed E-state index contributed by atoms with van der Waals surface area (Å²) < 4.78 is 1.69. The molecule has 5 heteroatoms. The Hall–Kier alpha value is -1.36. The molecule has 0 radical (unpaired) electrons. The minimum atomic E-state index is -0.399. The smallest absolute Gasteiger partial charge is 0.266 e. The van der Waals surface area contributed by atoms with Crippen LogP contribution < -0.4 is 11.1 Å². The fourth-order valence-corrected chi connectivity index (χ4v) is 2.18. The first kappa shape index (κ1) is 11.1. The van der Waals surface area contributed by atoms with E-state index in [1.807, 2.05) is 13.0 Å². The van der Waals surface area contributed by atoms with Gasteiger partial charge >= 0.3 is 0 Å². The maximum Gasteiger partial charge on any atom is 0.266 e. The van der Waals surface area contributed by atoms with Gasteiger partial charge in [-0.25, -0.2) is 0 Å². The molecular formula is C11H18N4O. The van der Waals surface area contributed by atoms with Crippen molar-refractivity contribution in [1.29, 1.82) is 0 Å². The summed E-state index contributed by atoms with van der Waals surface area (Å²) in [6.07, 6.45) is 2.29. The van der Waals surface area contributed by atoms with E-state index in [2.05, 4.69) is 10.4 Å². The van der Waals surface area contributed by atoms with Crippen LogP contribution in [0.4, 0.5) is 0 Å². The Morgan fingerprint density at radius 3 is 3.06 bits per heavy atom. The highest BCUT2D eigenvalue weighted by Gasteiger charge is 2.20. The lowest BCUT2D eigenvalue weighted by molar-refractivity contribution is 0.0990. The van der Waals surface area contributed by atoms with Crippen molar-refractivity contribution in [3.63, 3.8) is 0 Å². The third-order valence-electron chi connectivity index (χ3n) is 3.07. The van der Waals surface area contributed by atoms with Crippen LogP contribution in [0.2, 0.25) is 0 Å². The third kappa shape index (κ3) is 2.09. The molecule has 1 aliphatic heterocycles. The predicted octanol–water partition coefficient (Wildman–Crippen LogP) is 0.469. The molecule has 0 spiro atoms. The van der Waals surface area contributed by atoms with Gasteiger partial charge in [-0.1, -0.05) is 0 Å². The van der Waals surface area contributed by atoms with Crippen LogP contribution in [0.1, 0.15) is 41.9 Å². The molecule has 1 aliphatic rings. The molecule has 0 unspecified atom stereocenters. The summed E-state index contributed by atoms with van der Waals surface area (Å²) in [5, 5.41) is 7.79. The minimum absolute atomic E-state index is 0.399. The van der Waals surface area contributed by atoms with E-state index in [0.29, 0.717) is 18.2 Å². The molecule has 0 aliphatic carbocycles. The molecule has 2 rings (SSSR count). The highest BCUT2D eigenvalue weighted by atomic mass is 16.1. The summed E-state index contributed by atoms with van der Waals surface area (Å²) >= 11 is 0. The predicted molar refractivity (Wildman–Crippen MR) is 61.3 cm³/mol. The Labute approximate surface area is 95.0 Å². The van der Waals surface area contributed by atoms with Gasteiger partial charge in [0, 0.05) is 19.0 Å². The number of carbonyl (C=O) groups is 1. The average Bonchev–Trinajstić information content (AvgIpc) is 2.74. The van der Waals surface area contributed by atoms with Gasteiger partial charge < -0.3 is 11.1 Å². The monoisotopic (exact) mass is 222 g/mol. The second-order valence-electron chi connectivity index (χ2n) is 4.18. The fraction of sp³-hybridized carbons (Fsp3) is 0.636. The van der Waals surface area contributed by atoms with Crippen molar-refractivity contribution in [3.8, 4) is 0 Å². The summed E-state index contributed by atoms with van der Waals surface area (Å²) in [6.45, 7) is 4.66. The van der Waals surface area contributed by atoms with E-state index >= 15 is 0 Å². The number of aryl methyl sites for hydroxylation is 1. The van der Waals surface area contributed by atoms with Crippen molar-refractivity contribution < 1.29 is 4.79 Å². The first-order chi connectivity index (χ1) is 7.72. The third-order valence-corrected chi connectivity index (χ3v) is 3.07. The Morgan fingerprint density at radius 1 is 1.75 bits per heavy atom. The fourth-order valence-electron chi connectivity index (χ4n) is 2.18. The number of nitrogens with one attached hydrogen (secondary N) is 1. The van der Waals surface area contributed by atoms with Gasteiger partial charge in [0.25, 0.3) is 5.91 Å². The van der Waals surface area contributed by atoms with Crippen LogP contribution in [0, 0.1) is 0 Å². The molecule has 1 fully saturated rings. The van der Waals surface area contributed by atoms with Crippen LogP contribution in [0.25, 0.3) is 0 Å². The van der Waals surface area contributed by atoms with Crippen LogP contribution in [0.3, 0.4) is 0 Å². The zero-order valence-electron chi connectivity index (χ0n) is 9.57. The van der Waals surface area contributed by atoms with Crippen molar-refractivity contribution in [2.45, 2.75) is 32.2 Å². The molecule has 0 bridgehead atoms. The first-order valence-corrected chi connectivity index (χ1v) is 5.80. The highest BCUT2D eigenvalue weighted by molar-refractivity contribution is 5.91. The number of hydrogen-bond donors (Lipinski definition) is 2. The van der Waals surface area contributed by atoms with Crippen molar-refractivity contribution in [3.05, 3.63) is 17.5 Å². The van der Waals surface area contributed by atoms with E-state index in [9.17, 15) is 4.79 Å². The maximum absolute atomic E-state index is 11.2. The number of nitrogens with two attached hydrogens (primary N) is 1. The summed E-state index contributed by atoms with van der Waals surface area (Å²) in [6, 6.07) is 1.84. The van der Waals surface area contributed by atoms with Gasteiger partial charge in [-0.3, -0.25) is 9.48 Å². The number of piperidine rings is 1. The molecule has 1 amide bonds. The Morgan fingerprint density at radius 2 is 2.56 bits per heavy atom. The zero-order chi connectivity index (χ0) is 11.5.